The number of ether oxygens (including phenoxy) is 2. The first-order valence-electron chi connectivity index (χ1n) is 5.87. The molecular formula is C15H16N2O2. The third-order valence-electron chi connectivity index (χ3n) is 2.75. The molecular weight excluding hydrogens is 240 g/mol. The molecule has 0 atom stereocenters. The van der Waals surface area contributed by atoms with Crippen molar-refractivity contribution in [1.82, 2.24) is 0 Å². The van der Waals surface area contributed by atoms with Crippen LogP contribution in [-0.4, -0.2) is 12.9 Å². The fraction of sp³-hybridized carbons (Fsp3) is 0.133. The Balaban J connectivity index is 2.25. The van der Waals surface area contributed by atoms with Gasteiger partial charge in [-0.15, -0.1) is 0 Å². The summed E-state index contributed by atoms with van der Waals surface area (Å²) < 4.78 is 10.9. The lowest BCUT2D eigenvalue weighted by atomic mass is 10.1. The van der Waals surface area contributed by atoms with Crippen LogP contribution in [0.25, 0.3) is 0 Å². The summed E-state index contributed by atoms with van der Waals surface area (Å²) in [7, 11) is 1.62. The van der Waals surface area contributed by atoms with Crippen molar-refractivity contribution in [2.75, 3.05) is 7.11 Å². The van der Waals surface area contributed by atoms with Gasteiger partial charge in [0.1, 0.15) is 23.1 Å². The number of amidine groups is 1. The monoisotopic (exact) mass is 256 g/mol. The molecule has 0 unspecified atom stereocenters. The van der Waals surface area contributed by atoms with Gasteiger partial charge in [0.15, 0.2) is 0 Å². The van der Waals surface area contributed by atoms with Crippen molar-refractivity contribution >= 4 is 5.84 Å². The minimum absolute atomic E-state index is 0.0519. The number of methoxy groups -OCH3 is 1. The molecule has 0 saturated carbocycles. The summed E-state index contributed by atoms with van der Waals surface area (Å²) in [4.78, 5) is 0. The summed E-state index contributed by atoms with van der Waals surface area (Å²) in [6.45, 7) is 1.92. The summed E-state index contributed by atoms with van der Waals surface area (Å²) in [5.41, 5.74) is 7.07. The average molecular weight is 256 g/mol. The number of hydrogen-bond donors (Lipinski definition) is 2. The normalized spacial score (nSPS) is 10.0. The van der Waals surface area contributed by atoms with Gasteiger partial charge >= 0.3 is 0 Å². The first-order chi connectivity index (χ1) is 9.10. The van der Waals surface area contributed by atoms with Gasteiger partial charge in [0.25, 0.3) is 0 Å². The van der Waals surface area contributed by atoms with E-state index in [0.717, 1.165) is 17.1 Å². The number of nitrogens with one attached hydrogen (secondary N) is 1. The summed E-state index contributed by atoms with van der Waals surface area (Å²) in [6.07, 6.45) is 0. The second-order valence-corrected chi connectivity index (χ2v) is 4.17. The van der Waals surface area contributed by atoms with E-state index in [-0.39, 0.29) is 5.84 Å². The van der Waals surface area contributed by atoms with E-state index in [4.69, 9.17) is 20.6 Å². The molecule has 98 valence electrons. The van der Waals surface area contributed by atoms with E-state index in [1.54, 1.807) is 13.2 Å². The molecule has 0 amide bonds. The third kappa shape index (κ3) is 3.04. The van der Waals surface area contributed by atoms with Gasteiger partial charge in [0.05, 0.1) is 7.11 Å². The van der Waals surface area contributed by atoms with Crippen LogP contribution in [-0.2, 0) is 0 Å². The largest absolute Gasteiger partial charge is 0.497 e. The minimum atomic E-state index is 0.0519. The smallest absolute Gasteiger partial charge is 0.131 e. The summed E-state index contributed by atoms with van der Waals surface area (Å²) in [5, 5.41) is 7.40. The van der Waals surface area contributed by atoms with E-state index in [0.29, 0.717) is 11.3 Å². The number of nitrogen functional groups attached to an aromatic ring is 1. The molecule has 0 radical (unpaired) electrons. The maximum absolute atomic E-state index is 7.40. The number of rotatable bonds is 4. The molecule has 3 N–H and O–H groups in total. The molecule has 0 fully saturated rings. The predicted molar refractivity (Wildman–Crippen MR) is 75.3 cm³/mol. The van der Waals surface area contributed by atoms with E-state index in [1.165, 1.54) is 0 Å². The predicted octanol–water partition coefficient (Wildman–Crippen LogP) is 3.08. The van der Waals surface area contributed by atoms with Gasteiger partial charge in [0.2, 0.25) is 0 Å². The fourth-order valence-corrected chi connectivity index (χ4v) is 1.72. The van der Waals surface area contributed by atoms with Crippen LogP contribution in [0.15, 0.2) is 42.5 Å². The Hall–Kier alpha value is -2.49. The lowest BCUT2D eigenvalue weighted by Gasteiger charge is -2.10. The van der Waals surface area contributed by atoms with Crippen molar-refractivity contribution in [3.63, 3.8) is 0 Å². The molecule has 0 saturated heterocycles. The highest BCUT2D eigenvalue weighted by Gasteiger charge is 2.05. The molecule has 0 aromatic heterocycles. The van der Waals surface area contributed by atoms with Crippen LogP contribution in [0, 0.1) is 12.3 Å². The Morgan fingerprint density at radius 1 is 1.11 bits per heavy atom. The highest BCUT2D eigenvalue weighted by atomic mass is 16.5. The lowest BCUT2D eigenvalue weighted by Crippen LogP contribution is -2.11. The Morgan fingerprint density at radius 3 is 2.47 bits per heavy atom. The van der Waals surface area contributed by atoms with Crippen molar-refractivity contribution < 1.29 is 9.47 Å². The molecule has 4 heteroatoms. The van der Waals surface area contributed by atoms with Crippen molar-refractivity contribution in [3.8, 4) is 17.2 Å². The van der Waals surface area contributed by atoms with Crippen LogP contribution in [0.1, 0.15) is 11.1 Å². The van der Waals surface area contributed by atoms with Gasteiger partial charge in [-0.1, -0.05) is 6.07 Å². The van der Waals surface area contributed by atoms with Crippen LogP contribution in [0.3, 0.4) is 0 Å². The van der Waals surface area contributed by atoms with Crippen molar-refractivity contribution in [3.05, 3.63) is 53.6 Å². The van der Waals surface area contributed by atoms with Gasteiger partial charge in [0, 0.05) is 11.6 Å². The van der Waals surface area contributed by atoms with Gasteiger partial charge in [-0.25, -0.2) is 0 Å². The number of hydrogen-bond acceptors (Lipinski definition) is 3. The maximum atomic E-state index is 7.40. The molecule has 2 aromatic carbocycles. The second kappa shape index (κ2) is 5.44. The van der Waals surface area contributed by atoms with Crippen LogP contribution in [0.2, 0.25) is 0 Å². The van der Waals surface area contributed by atoms with Crippen molar-refractivity contribution in [2.45, 2.75) is 6.92 Å². The van der Waals surface area contributed by atoms with E-state index in [1.807, 2.05) is 43.3 Å². The summed E-state index contributed by atoms with van der Waals surface area (Å²) in [5.74, 6) is 2.24. The zero-order chi connectivity index (χ0) is 13.8. The Bertz CT molecular complexity index is 609. The van der Waals surface area contributed by atoms with E-state index in [2.05, 4.69) is 0 Å². The molecule has 0 bridgehead atoms. The lowest BCUT2D eigenvalue weighted by molar-refractivity contribution is 0.409. The molecule has 0 aliphatic carbocycles. The molecule has 0 spiro atoms. The second-order valence-electron chi connectivity index (χ2n) is 4.17. The number of aryl methyl sites for hydroxylation is 1. The zero-order valence-electron chi connectivity index (χ0n) is 10.9. The van der Waals surface area contributed by atoms with Crippen LogP contribution >= 0.6 is 0 Å². The van der Waals surface area contributed by atoms with Crippen LogP contribution in [0.4, 0.5) is 0 Å². The van der Waals surface area contributed by atoms with Crippen molar-refractivity contribution in [1.29, 1.82) is 5.41 Å². The zero-order valence-corrected chi connectivity index (χ0v) is 10.9. The molecule has 0 aliphatic heterocycles. The maximum Gasteiger partial charge on any atom is 0.131 e. The standard InChI is InChI=1S/C15H16N2O2/c1-10-8-11(15(16)17)6-7-14(10)19-13-5-3-4-12(9-13)18-2/h3-9H,1-2H3,(H3,16,17). The topological polar surface area (TPSA) is 68.3 Å². The third-order valence-corrected chi connectivity index (χ3v) is 2.75. The number of nitrogens with two attached hydrogens (primary N) is 1. The summed E-state index contributed by atoms with van der Waals surface area (Å²) in [6, 6.07) is 12.8. The fourth-order valence-electron chi connectivity index (χ4n) is 1.72. The Morgan fingerprint density at radius 2 is 1.84 bits per heavy atom. The highest BCUT2D eigenvalue weighted by molar-refractivity contribution is 5.95. The van der Waals surface area contributed by atoms with Gasteiger partial charge in [-0.05, 0) is 42.8 Å². The molecule has 0 aliphatic rings. The van der Waals surface area contributed by atoms with Crippen molar-refractivity contribution in [2.24, 2.45) is 5.73 Å². The van der Waals surface area contributed by atoms with E-state index in [9.17, 15) is 0 Å². The van der Waals surface area contributed by atoms with Gasteiger partial charge < -0.3 is 15.2 Å². The first kappa shape index (κ1) is 13.0. The molecule has 2 rings (SSSR count). The molecule has 4 nitrogen and oxygen atoms in total. The molecule has 0 heterocycles. The van der Waals surface area contributed by atoms with Crippen LogP contribution < -0.4 is 15.2 Å². The van der Waals surface area contributed by atoms with Gasteiger partial charge in [-0.2, -0.15) is 0 Å². The summed E-state index contributed by atoms with van der Waals surface area (Å²) >= 11 is 0. The first-order valence-corrected chi connectivity index (χ1v) is 5.87. The van der Waals surface area contributed by atoms with Crippen LogP contribution in [0.5, 0.6) is 17.2 Å². The Labute approximate surface area is 112 Å². The van der Waals surface area contributed by atoms with E-state index >= 15 is 0 Å². The quantitative estimate of drug-likeness (QED) is 0.652. The Kier molecular flexibility index (Phi) is 3.71. The van der Waals surface area contributed by atoms with Gasteiger partial charge in [-0.3, -0.25) is 5.41 Å². The number of benzene rings is 2. The minimum Gasteiger partial charge on any atom is -0.497 e. The SMILES string of the molecule is COc1cccc(Oc2ccc(C(=N)N)cc2C)c1. The highest BCUT2D eigenvalue weighted by Crippen LogP contribution is 2.28. The average Bonchev–Trinajstić information content (AvgIpc) is 2.41. The molecule has 19 heavy (non-hydrogen) atoms. The van der Waals surface area contributed by atoms with E-state index < -0.39 is 0 Å². The molecule has 2 aromatic rings.